The van der Waals surface area contributed by atoms with Gasteiger partial charge >= 0.3 is 12.1 Å². The molecular formula is C24H24F3NO4S. The van der Waals surface area contributed by atoms with E-state index >= 15 is 0 Å². The van der Waals surface area contributed by atoms with Gasteiger partial charge in [0, 0.05) is 23.4 Å². The highest BCUT2D eigenvalue weighted by Gasteiger charge is 2.38. The van der Waals surface area contributed by atoms with Gasteiger partial charge in [0.05, 0.1) is 11.1 Å². The van der Waals surface area contributed by atoms with E-state index in [0.717, 1.165) is 29.5 Å². The molecule has 1 heterocycles. The molecule has 1 unspecified atom stereocenters. The van der Waals surface area contributed by atoms with Crippen LogP contribution in [-0.2, 0) is 17.4 Å². The number of halogens is 3. The molecule has 1 aliphatic heterocycles. The van der Waals surface area contributed by atoms with Crippen LogP contribution < -0.4 is 0 Å². The summed E-state index contributed by atoms with van der Waals surface area (Å²) in [7, 11) is 0. The maximum atomic E-state index is 13.4. The van der Waals surface area contributed by atoms with Crippen molar-refractivity contribution in [1.29, 1.82) is 0 Å². The third-order valence-corrected chi connectivity index (χ3v) is 6.78. The van der Waals surface area contributed by atoms with Crippen molar-refractivity contribution in [2.75, 3.05) is 0 Å². The van der Waals surface area contributed by atoms with Crippen LogP contribution in [0.4, 0.5) is 13.2 Å². The molecule has 0 saturated carbocycles. The van der Waals surface area contributed by atoms with Crippen LogP contribution in [0, 0.1) is 0 Å². The SMILES string of the molecule is CCc1ccc(C(=O)N(C2=C(C(=O)O)SC(c3cccc(C(F)(F)F)c3)C2)C(C)C)c(O)c1. The van der Waals surface area contributed by atoms with Crippen LogP contribution >= 0.6 is 11.8 Å². The molecule has 2 N–H and O–H groups in total. The summed E-state index contributed by atoms with van der Waals surface area (Å²) in [6, 6.07) is 9.04. The van der Waals surface area contributed by atoms with Gasteiger partial charge in [0.25, 0.3) is 5.91 Å². The van der Waals surface area contributed by atoms with Crippen LogP contribution in [0.25, 0.3) is 0 Å². The number of benzene rings is 2. The zero-order valence-corrected chi connectivity index (χ0v) is 19.1. The van der Waals surface area contributed by atoms with Crippen molar-refractivity contribution in [2.45, 2.75) is 51.1 Å². The van der Waals surface area contributed by atoms with E-state index in [4.69, 9.17) is 0 Å². The predicted molar refractivity (Wildman–Crippen MR) is 120 cm³/mol. The van der Waals surface area contributed by atoms with Crippen LogP contribution in [-0.4, -0.2) is 33.0 Å². The lowest BCUT2D eigenvalue weighted by Gasteiger charge is -2.29. The van der Waals surface area contributed by atoms with Crippen molar-refractivity contribution >= 4 is 23.6 Å². The number of thioether (sulfide) groups is 1. The molecule has 33 heavy (non-hydrogen) atoms. The Bertz CT molecular complexity index is 1110. The number of aromatic hydroxyl groups is 1. The van der Waals surface area contributed by atoms with Gasteiger partial charge in [0.15, 0.2) is 0 Å². The van der Waals surface area contributed by atoms with Crippen molar-refractivity contribution in [1.82, 2.24) is 4.90 Å². The number of hydrogen-bond donors (Lipinski definition) is 2. The number of phenolic OH excluding ortho intramolecular Hbond substituents is 1. The standard InChI is InChI=1S/C24H24F3NO4S/c1-4-14-8-9-17(19(29)10-14)22(30)28(13(2)3)18-12-20(33-21(18)23(31)32)15-6-5-7-16(11-15)24(25,26)27/h5-11,13,20,29H,4,12H2,1-3H3,(H,31,32). The summed E-state index contributed by atoms with van der Waals surface area (Å²) in [6.07, 6.45) is -3.79. The molecule has 0 fully saturated rings. The number of phenols is 1. The van der Waals surface area contributed by atoms with Gasteiger partial charge in [-0.05, 0) is 49.6 Å². The monoisotopic (exact) mass is 479 g/mol. The maximum absolute atomic E-state index is 13.4. The Morgan fingerprint density at radius 3 is 2.42 bits per heavy atom. The fourth-order valence-electron chi connectivity index (χ4n) is 3.78. The molecule has 0 radical (unpaired) electrons. The summed E-state index contributed by atoms with van der Waals surface area (Å²) in [5.41, 5.74) is 0.602. The van der Waals surface area contributed by atoms with Crippen molar-refractivity contribution < 1.29 is 33.0 Å². The van der Waals surface area contributed by atoms with E-state index in [1.807, 2.05) is 6.92 Å². The average Bonchev–Trinajstić information content (AvgIpc) is 3.18. The number of aryl methyl sites for hydroxylation is 1. The second kappa shape index (κ2) is 9.51. The van der Waals surface area contributed by atoms with Gasteiger partial charge in [0.1, 0.15) is 10.7 Å². The Kier molecular flexibility index (Phi) is 7.11. The number of aliphatic carboxylic acids is 1. The van der Waals surface area contributed by atoms with Crippen molar-refractivity contribution in [2.24, 2.45) is 0 Å². The van der Waals surface area contributed by atoms with Crippen LogP contribution in [0.5, 0.6) is 5.75 Å². The number of alkyl halides is 3. The number of allylic oxidation sites excluding steroid dienone is 1. The Balaban J connectivity index is 1.99. The van der Waals surface area contributed by atoms with Gasteiger partial charge in [-0.1, -0.05) is 31.2 Å². The number of carboxylic acids is 1. The average molecular weight is 480 g/mol. The lowest BCUT2D eigenvalue weighted by molar-refractivity contribution is -0.137. The van der Waals surface area contributed by atoms with Gasteiger partial charge in [-0.25, -0.2) is 4.79 Å². The molecule has 176 valence electrons. The molecule has 2 aromatic rings. The molecule has 1 atom stereocenters. The van der Waals surface area contributed by atoms with Gasteiger partial charge in [-0.2, -0.15) is 13.2 Å². The van der Waals surface area contributed by atoms with E-state index < -0.39 is 34.9 Å². The highest BCUT2D eigenvalue weighted by atomic mass is 32.2. The first kappa shape index (κ1) is 24.7. The summed E-state index contributed by atoms with van der Waals surface area (Å²) in [4.78, 5) is 26.6. The molecule has 0 saturated heterocycles. The van der Waals surface area contributed by atoms with Crippen molar-refractivity contribution in [3.05, 3.63) is 75.3 Å². The first-order chi connectivity index (χ1) is 15.4. The summed E-state index contributed by atoms with van der Waals surface area (Å²) in [5, 5.41) is 19.6. The van der Waals surface area contributed by atoms with Crippen LogP contribution in [0.2, 0.25) is 0 Å². The number of amides is 1. The molecule has 1 amide bonds. The number of hydrogen-bond acceptors (Lipinski definition) is 4. The summed E-state index contributed by atoms with van der Waals surface area (Å²) >= 11 is 0.924. The van der Waals surface area contributed by atoms with E-state index in [1.165, 1.54) is 29.2 Å². The Hall–Kier alpha value is -2.94. The maximum Gasteiger partial charge on any atom is 0.416 e. The molecule has 0 aliphatic carbocycles. The third kappa shape index (κ3) is 5.19. The van der Waals surface area contributed by atoms with Gasteiger partial charge in [0.2, 0.25) is 0 Å². The minimum absolute atomic E-state index is 0.0330. The molecule has 9 heteroatoms. The van der Waals surface area contributed by atoms with Gasteiger partial charge in [-0.15, -0.1) is 11.8 Å². The fourth-order valence-corrected chi connectivity index (χ4v) is 5.01. The molecule has 0 aromatic heterocycles. The quantitative estimate of drug-likeness (QED) is 0.532. The van der Waals surface area contributed by atoms with Gasteiger partial charge in [-0.3, -0.25) is 4.79 Å². The lowest BCUT2D eigenvalue weighted by Crippen LogP contribution is -2.37. The highest BCUT2D eigenvalue weighted by Crippen LogP contribution is 2.50. The van der Waals surface area contributed by atoms with E-state index in [2.05, 4.69) is 0 Å². The Labute approximate surface area is 193 Å². The summed E-state index contributed by atoms with van der Waals surface area (Å²) in [5.74, 6) is -2.03. The van der Waals surface area contributed by atoms with Crippen molar-refractivity contribution in [3.63, 3.8) is 0 Å². The first-order valence-corrected chi connectivity index (χ1v) is 11.3. The number of nitrogens with zero attached hydrogens (tertiary/aromatic N) is 1. The van der Waals surface area contributed by atoms with Crippen LogP contribution in [0.1, 0.15) is 59.5 Å². The number of rotatable bonds is 6. The van der Waals surface area contributed by atoms with E-state index in [-0.39, 0.29) is 28.3 Å². The smallest absolute Gasteiger partial charge is 0.416 e. The predicted octanol–water partition coefficient (Wildman–Crippen LogP) is 6.00. The molecule has 0 bridgehead atoms. The van der Waals surface area contributed by atoms with Crippen LogP contribution in [0.15, 0.2) is 53.1 Å². The summed E-state index contributed by atoms with van der Waals surface area (Å²) < 4.78 is 39.5. The molecule has 0 spiro atoms. The normalized spacial score (nSPS) is 16.4. The molecule has 3 rings (SSSR count). The Morgan fingerprint density at radius 2 is 1.88 bits per heavy atom. The van der Waals surface area contributed by atoms with Crippen LogP contribution in [0.3, 0.4) is 0 Å². The summed E-state index contributed by atoms with van der Waals surface area (Å²) in [6.45, 7) is 5.33. The number of carboxylic acid groups (broad SMARTS) is 1. The number of carbonyl (C=O) groups excluding carboxylic acids is 1. The third-order valence-electron chi connectivity index (χ3n) is 5.41. The van der Waals surface area contributed by atoms with Crippen molar-refractivity contribution in [3.8, 4) is 5.75 Å². The fraction of sp³-hybridized carbons (Fsp3) is 0.333. The molecule has 1 aliphatic rings. The largest absolute Gasteiger partial charge is 0.507 e. The second-order valence-electron chi connectivity index (χ2n) is 7.99. The van der Waals surface area contributed by atoms with Gasteiger partial charge < -0.3 is 15.1 Å². The Morgan fingerprint density at radius 1 is 1.18 bits per heavy atom. The molecular weight excluding hydrogens is 455 g/mol. The van der Waals surface area contributed by atoms with E-state index in [1.54, 1.807) is 19.9 Å². The second-order valence-corrected chi connectivity index (χ2v) is 9.20. The zero-order chi connectivity index (χ0) is 24.5. The molecule has 2 aromatic carbocycles. The van der Waals surface area contributed by atoms with E-state index in [0.29, 0.717) is 12.0 Å². The molecule has 5 nitrogen and oxygen atoms in total. The highest BCUT2D eigenvalue weighted by molar-refractivity contribution is 8.04. The minimum Gasteiger partial charge on any atom is -0.507 e. The first-order valence-electron chi connectivity index (χ1n) is 10.4. The lowest BCUT2D eigenvalue weighted by atomic mass is 10.0. The number of carbonyl (C=O) groups is 2. The van der Waals surface area contributed by atoms with E-state index in [9.17, 15) is 33.0 Å². The minimum atomic E-state index is -4.52. The zero-order valence-electron chi connectivity index (χ0n) is 18.3. The topological polar surface area (TPSA) is 77.8 Å².